The lowest BCUT2D eigenvalue weighted by atomic mass is 10.2. The molecule has 0 aliphatic carbocycles. The van der Waals surface area contributed by atoms with Crippen molar-refractivity contribution in [3.8, 4) is 11.8 Å². The van der Waals surface area contributed by atoms with Gasteiger partial charge in [-0.3, -0.25) is 0 Å². The Labute approximate surface area is 127 Å². The third-order valence-electron chi connectivity index (χ3n) is 3.24. The monoisotopic (exact) mass is 294 g/mol. The molecule has 0 aliphatic rings. The van der Waals surface area contributed by atoms with E-state index in [1.165, 1.54) is 0 Å². The number of nitrogens with zero attached hydrogens (tertiary/aromatic N) is 3. The smallest absolute Gasteiger partial charge is 0.103 e. The second-order valence-electron chi connectivity index (χ2n) is 4.57. The van der Waals surface area contributed by atoms with E-state index in [1.54, 1.807) is 22.6 Å². The first-order chi connectivity index (χ1) is 10.2. The molecule has 1 heterocycles. The molecule has 0 unspecified atom stereocenters. The summed E-state index contributed by atoms with van der Waals surface area (Å²) >= 11 is 1.66. The molecule has 21 heavy (non-hydrogen) atoms. The van der Waals surface area contributed by atoms with E-state index in [1.807, 2.05) is 36.4 Å². The Hall–Kier alpha value is -2.45. The molecule has 0 spiro atoms. The average molecular weight is 294 g/mol. The lowest BCUT2D eigenvalue weighted by Gasteiger charge is -2.09. The number of nitrogens with two attached hydrogens (primary N) is 1. The Morgan fingerprint density at radius 2 is 2.19 bits per heavy atom. The van der Waals surface area contributed by atoms with Gasteiger partial charge in [0.1, 0.15) is 6.07 Å². The van der Waals surface area contributed by atoms with Gasteiger partial charge in [-0.1, -0.05) is 13.0 Å². The van der Waals surface area contributed by atoms with Crippen molar-refractivity contribution in [3.05, 3.63) is 48.2 Å². The number of nitrogen functional groups attached to an aromatic ring is 1. The number of hydrogen-bond donors (Lipinski definition) is 1. The van der Waals surface area contributed by atoms with Crippen molar-refractivity contribution in [2.75, 3.05) is 11.5 Å². The molecule has 1 aromatic heterocycles. The van der Waals surface area contributed by atoms with Gasteiger partial charge in [0.25, 0.3) is 0 Å². The molecule has 0 saturated carbocycles. The standard InChI is InChI=1S/C16H14N4S/c1-2-21-16-5-3-4-14(13(16)9-17)20-15-8-12(18)7-6-11(15)10-19-20/h3-8,10H,2,18H2,1H3. The van der Waals surface area contributed by atoms with E-state index >= 15 is 0 Å². The first-order valence-corrected chi connectivity index (χ1v) is 7.62. The molecule has 2 aromatic carbocycles. The van der Waals surface area contributed by atoms with Gasteiger partial charge in [-0.15, -0.1) is 11.8 Å². The van der Waals surface area contributed by atoms with Crippen LogP contribution in [0.25, 0.3) is 16.6 Å². The Bertz CT molecular complexity index is 845. The number of aromatic nitrogens is 2. The predicted molar refractivity (Wildman–Crippen MR) is 86.6 cm³/mol. The van der Waals surface area contributed by atoms with Crippen molar-refractivity contribution >= 4 is 28.4 Å². The van der Waals surface area contributed by atoms with E-state index in [-0.39, 0.29) is 0 Å². The van der Waals surface area contributed by atoms with E-state index in [9.17, 15) is 5.26 Å². The van der Waals surface area contributed by atoms with E-state index in [0.717, 1.165) is 27.2 Å². The lowest BCUT2D eigenvalue weighted by molar-refractivity contribution is 0.902. The van der Waals surface area contributed by atoms with Gasteiger partial charge in [0, 0.05) is 16.0 Å². The lowest BCUT2D eigenvalue weighted by Crippen LogP contribution is -2.01. The summed E-state index contributed by atoms with van der Waals surface area (Å²) in [6.45, 7) is 2.07. The number of hydrogen-bond acceptors (Lipinski definition) is 4. The Kier molecular flexibility index (Phi) is 3.55. The maximum Gasteiger partial charge on any atom is 0.103 e. The Morgan fingerprint density at radius 3 is 2.95 bits per heavy atom. The number of thioether (sulfide) groups is 1. The number of benzene rings is 2. The van der Waals surface area contributed by atoms with Gasteiger partial charge in [0.2, 0.25) is 0 Å². The zero-order valence-corrected chi connectivity index (χ0v) is 12.4. The van der Waals surface area contributed by atoms with Crippen molar-refractivity contribution in [1.29, 1.82) is 5.26 Å². The van der Waals surface area contributed by atoms with Gasteiger partial charge in [0.15, 0.2) is 0 Å². The van der Waals surface area contributed by atoms with Crippen LogP contribution < -0.4 is 5.73 Å². The number of anilines is 1. The van der Waals surface area contributed by atoms with Crippen LogP contribution in [0, 0.1) is 11.3 Å². The predicted octanol–water partition coefficient (Wildman–Crippen LogP) is 3.59. The zero-order valence-electron chi connectivity index (χ0n) is 11.6. The summed E-state index contributed by atoms with van der Waals surface area (Å²) in [7, 11) is 0. The maximum absolute atomic E-state index is 9.52. The van der Waals surface area contributed by atoms with Crippen LogP contribution in [0.3, 0.4) is 0 Å². The largest absolute Gasteiger partial charge is 0.399 e. The maximum atomic E-state index is 9.52. The van der Waals surface area contributed by atoms with Gasteiger partial charge in [-0.05, 0) is 36.1 Å². The molecule has 2 N–H and O–H groups in total. The molecule has 0 aliphatic heterocycles. The molecule has 0 amide bonds. The van der Waals surface area contributed by atoms with Crippen LogP contribution in [0.2, 0.25) is 0 Å². The average Bonchev–Trinajstić information content (AvgIpc) is 2.90. The van der Waals surface area contributed by atoms with Crippen molar-refractivity contribution < 1.29 is 0 Å². The normalized spacial score (nSPS) is 10.7. The molecule has 3 rings (SSSR count). The molecule has 0 radical (unpaired) electrons. The minimum Gasteiger partial charge on any atom is -0.399 e. The number of rotatable bonds is 3. The summed E-state index contributed by atoms with van der Waals surface area (Å²) in [6.07, 6.45) is 1.79. The molecule has 5 heteroatoms. The van der Waals surface area contributed by atoms with E-state index in [4.69, 9.17) is 5.73 Å². The topological polar surface area (TPSA) is 67.6 Å². The summed E-state index contributed by atoms with van der Waals surface area (Å²) < 4.78 is 1.78. The third-order valence-corrected chi connectivity index (χ3v) is 4.18. The van der Waals surface area contributed by atoms with Gasteiger partial charge < -0.3 is 5.73 Å². The zero-order chi connectivity index (χ0) is 14.8. The van der Waals surface area contributed by atoms with Crippen LogP contribution in [-0.2, 0) is 0 Å². The van der Waals surface area contributed by atoms with Gasteiger partial charge in [0.05, 0.1) is 23.0 Å². The second kappa shape index (κ2) is 5.51. The third kappa shape index (κ3) is 2.34. The molecule has 4 nitrogen and oxygen atoms in total. The summed E-state index contributed by atoms with van der Waals surface area (Å²) in [6, 6.07) is 13.8. The van der Waals surface area contributed by atoms with Crippen molar-refractivity contribution in [2.45, 2.75) is 11.8 Å². The van der Waals surface area contributed by atoms with Crippen molar-refractivity contribution in [3.63, 3.8) is 0 Å². The van der Waals surface area contributed by atoms with Crippen LogP contribution in [0.1, 0.15) is 12.5 Å². The second-order valence-corrected chi connectivity index (χ2v) is 5.88. The fourth-order valence-electron chi connectivity index (χ4n) is 2.31. The minimum absolute atomic E-state index is 0.650. The van der Waals surface area contributed by atoms with Crippen LogP contribution in [0.4, 0.5) is 5.69 Å². The van der Waals surface area contributed by atoms with Gasteiger partial charge in [-0.2, -0.15) is 10.4 Å². The SMILES string of the molecule is CCSc1cccc(-n2ncc3ccc(N)cc32)c1C#N. The molecule has 0 atom stereocenters. The van der Waals surface area contributed by atoms with Crippen LogP contribution in [-0.4, -0.2) is 15.5 Å². The fraction of sp³-hybridized carbons (Fsp3) is 0.125. The highest BCUT2D eigenvalue weighted by Gasteiger charge is 2.13. The highest BCUT2D eigenvalue weighted by molar-refractivity contribution is 7.99. The summed E-state index contributed by atoms with van der Waals surface area (Å²) in [5.41, 5.74) is 8.90. The molecule has 104 valence electrons. The van der Waals surface area contributed by atoms with Crippen molar-refractivity contribution in [1.82, 2.24) is 9.78 Å². The van der Waals surface area contributed by atoms with Gasteiger partial charge >= 0.3 is 0 Å². The molecule has 0 bridgehead atoms. The summed E-state index contributed by atoms with van der Waals surface area (Å²) in [5, 5.41) is 14.9. The first-order valence-electron chi connectivity index (χ1n) is 6.64. The summed E-state index contributed by atoms with van der Waals surface area (Å²) in [5.74, 6) is 0.922. The Balaban J connectivity index is 2.26. The van der Waals surface area contributed by atoms with Gasteiger partial charge in [-0.25, -0.2) is 4.68 Å². The highest BCUT2D eigenvalue weighted by atomic mass is 32.2. The first kappa shape index (κ1) is 13.5. The molecule has 3 aromatic rings. The van der Waals surface area contributed by atoms with E-state index in [2.05, 4.69) is 18.1 Å². The Morgan fingerprint density at radius 1 is 1.33 bits per heavy atom. The summed E-state index contributed by atoms with van der Waals surface area (Å²) in [4.78, 5) is 0.977. The molecule has 0 saturated heterocycles. The quantitative estimate of drug-likeness (QED) is 0.592. The molecule has 0 fully saturated rings. The van der Waals surface area contributed by atoms with E-state index in [0.29, 0.717) is 11.3 Å². The van der Waals surface area contributed by atoms with Crippen LogP contribution in [0.5, 0.6) is 0 Å². The van der Waals surface area contributed by atoms with Crippen molar-refractivity contribution in [2.24, 2.45) is 0 Å². The van der Waals surface area contributed by atoms with E-state index < -0.39 is 0 Å². The highest BCUT2D eigenvalue weighted by Crippen LogP contribution is 2.29. The van der Waals surface area contributed by atoms with Crippen LogP contribution >= 0.6 is 11.8 Å². The minimum atomic E-state index is 0.650. The fourth-order valence-corrected chi connectivity index (χ4v) is 3.09. The number of fused-ring (bicyclic) bond motifs is 1. The molecular formula is C16H14N4S. The number of nitriles is 1. The van der Waals surface area contributed by atoms with Crippen LogP contribution in [0.15, 0.2) is 47.5 Å². The molecular weight excluding hydrogens is 280 g/mol.